The van der Waals surface area contributed by atoms with Crippen LogP contribution in [-0.2, 0) is 11.8 Å². The van der Waals surface area contributed by atoms with Gasteiger partial charge in [0.2, 0.25) is 0 Å². The largest absolute Gasteiger partial charge is 0.481 e. The summed E-state index contributed by atoms with van der Waals surface area (Å²) in [5.74, 6) is -2.24. The Hall–Kier alpha value is -2.03. The van der Waals surface area contributed by atoms with Crippen LogP contribution in [0.4, 0.5) is 8.78 Å². The van der Waals surface area contributed by atoms with E-state index in [1.165, 1.54) is 11.9 Å². The molecule has 1 aliphatic heterocycles. The summed E-state index contributed by atoms with van der Waals surface area (Å²) in [6.45, 7) is 0.203. The molecule has 0 aliphatic carbocycles. The monoisotopic (exact) mass is 316 g/mol. The molecule has 1 saturated heterocycles. The predicted molar refractivity (Wildman–Crippen MR) is 72.4 cm³/mol. The minimum absolute atomic E-state index is 0.00598. The molecule has 2 atom stereocenters. The zero-order valence-electron chi connectivity index (χ0n) is 12.1. The van der Waals surface area contributed by atoms with Gasteiger partial charge in [-0.05, 0) is 18.9 Å². The van der Waals surface area contributed by atoms with E-state index in [0.717, 1.165) is 10.7 Å². The first kappa shape index (κ1) is 16.3. The van der Waals surface area contributed by atoms with Crippen LogP contribution in [0.5, 0.6) is 0 Å². The third-order valence-corrected chi connectivity index (χ3v) is 3.76. The SMILES string of the molecule is Cn1nc(C(F)F)cc1C(=O)N1C[C@H](N)CC[C@H](C(=O)O)C1. The second-order valence-electron chi connectivity index (χ2n) is 5.46. The van der Waals surface area contributed by atoms with Crippen molar-refractivity contribution in [3.05, 3.63) is 17.5 Å². The standard InChI is InChI=1S/C13H18F2N4O3/c1-18-10(4-9(17-18)11(14)15)12(20)19-5-7(13(21)22)2-3-8(16)6-19/h4,7-8,11H,2-3,5-6,16H2,1H3,(H,21,22)/t7-,8+/m0/s1. The van der Waals surface area contributed by atoms with Gasteiger partial charge in [0.15, 0.2) is 0 Å². The summed E-state index contributed by atoms with van der Waals surface area (Å²) in [7, 11) is 1.39. The van der Waals surface area contributed by atoms with Crippen molar-refractivity contribution in [1.29, 1.82) is 0 Å². The molecule has 1 amide bonds. The first-order chi connectivity index (χ1) is 10.3. The number of nitrogens with zero attached hydrogens (tertiary/aromatic N) is 3. The fourth-order valence-electron chi connectivity index (χ4n) is 2.55. The minimum Gasteiger partial charge on any atom is -0.481 e. The van der Waals surface area contributed by atoms with Crippen LogP contribution in [0.3, 0.4) is 0 Å². The molecule has 2 heterocycles. The zero-order valence-corrected chi connectivity index (χ0v) is 12.1. The van der Waals surface area contributed by atoms with E-state index in [1.54, 1.807) is 0 Å². The number of aromatic nitrogens is 2. The van der Waals surface area contributed by atoms with Crippen LogP contribution in [0.15, 0.2) is 6.07 Å². The normalized spacial score (nSPS) is 22.7. The van der Waals surface area contributed by atoms with Crippen LogP contribution in [0.1, 0.15) is 35.4 Å². The van der Waals surface area contributed by atoms with Crippen molar-refractivity contribution in [3.8, 4) is 0 Å². The Morgan fingerprint density at radius 3 is 2.64 bits per heavy atom. The van der Waals surface area contributed by atoms with Gasteiger partial charge in [0.05, 0.1) is 5.92 Å². The number of carboxylic acid groups (broad SMARTS) is 1. The zero-order chi connectivity index (χ0) is 16.4. The number of rotatable bonds is 3. The number of hydrogen-bond acceptors (Lipinski definition) is 4. The van der Waals surface area contributed by atoms with Crippen LogP contribution < -0.4 is 5.73 Å². The van der Waals surface area contributed by atoms with Gasteiger partial charge < -0.3 is 15.7 Å². The number of alkyl halides is 2. The van der Waals surface area contributed by atoms with Crippen LogP contribution in [0.25, 0.3) is 0 Å². The van der Waals surface area contributed by atoms with Crippen LogP contribution in [0, 0.1) is 5.92 Å². The van der Waals surface area contributed by atoms with E-state index in [-0.39, 0.29) is 24.8 Å². The maximum absolute atomic E-state index is 12.7. The second-order valence-corrected chi connectivity index (χ2v) is 5.46. The van der Waals surface area contributed by atoms with Crippen molar-refractivity contribution in [1.82, 2.24) is 14.7 Å². The van der Waals surface area contributed by atoms with Crippen LogP contribution >= 0.6 is 0 Å². The lowest BCUT2D eigenvalue weighted by atomic mass is 10.0. The summed E-state index contributed by atoms with van der Waals surface area (Å²) in [4.78, 5) is 25.0. The Morgan fingerprint density at radius 2 is 2.09 bits per heavy atom. The summed E-state index contributed by atoms with van der Waals surface area (Å²) < 4.78 is 26.4. The quantitative estimate of drug-likeness (QED) is 0.851. The number of hydrogen-bond donors (Lipinski definition) is 2. The highest BCUT2D eigenvalue weighted by atomic mass is 19.3. The number of aliphatic carboxylic acids is 1. The molecular formula is C13H18F2N4O3. The van der Waals surface area contributed by atoms with Crippen LogP contribution in [-0.4, -0.2) is 50.8 Å². The van der Waals surface area contributed by atoms with Gasteiger partial charge in [-0.15, -0.1) is 0 Å². The first-order valence-electron chi connectivity index (χ1n) is 6.89. The first-order valence-corrected chi connectivity index (χ1v) is 6.89. The predicted octanol–water partition coefficient (Wildman–Crippen LogP) is 0.622. The van der Waals surface area contributed by atoms with Crippen LogP contribution in [0.2, 0.25) is 0 Å². The lowest BCUT2D eigenvalue weighted by molar-refractivity contribution is -0.142. The summed E-state index contributed by atoms with van der Waals surface area (Å²) in [6, 6.07) is 0.690. The lowest BCUT2D eigenvalue weighted by Gasteiger charge is -2.24. The smallest absolute Gasteiger partial charge is 0.308 e. The van der Waals surface area contributed by atoms with Crippen molar-refractivity contribution < 1.29 is 23.5 Å². The maximum atomic E-state index is 12.7. The van der Waals surface area contributed by atoms with Gasteiger partial charge >= 0.3 is 5.97 Å². The van der Waals surface area contributed by atoms with E-state index < -0.39 is 29.9 Å². The van der Waals surface area contributed by atoms with Crippen molar-refractivity contribution in [2.75, 3.05) is 13.1 Å². The highest BCUT2D eigenvalue weighted by molar-refractivity contribution is 5.93. The maximum Gasteiger partial charge on any atom is 0.308 e. The molecule has 7 nitrogen and oxygen atoms in total. The van der Waals surface area contributed by atoms with E-state index >= 15 is 0 Å². The van der Waals surface area contributed by atoms with E-state index in [9.17, 15) is 18.4 Å². The second kappa shape index (κ2) is 6.39. The highest BCUT2D eigenvalue weighted by Crippen LogP contribution is 2.21. The third kappa shape index (κ3) is 3.41. The molecule has 1 aromatic rings. The number of nitrogens with two attached hydrogens (primary N) is 1. The van der Waals surface area contributed by atoms with Gasteiger partial charge in [0.1, 0.15) is 11.4 Å². The summed E-state index contributed by atoms with van der Waals surface area (Å²) in [5, 5.41) is 12.7. The molecule has 0 saturated carbocycles. The van der Waals surface area contributed by atoms with Crippen molar-refractivity contribution in [3.63, 3.8) is 0 Å². The van der Waals surface area contributed by atoms with E-state index in [1.807, 2.05) is 0 Å². The average molecular weight is 316 g/mol. The number of carbonyl (C=O) groups excluding carboxylic acids is 1. The molecule has 0 bridgehead atoms. The molecule has 0 spiro atoms. The van der Waals surface area contributed by atoms with Gasteiger partial charge in [-0.25, -0.2) is 8.78 Å². The van der Waals surface area contributed by atoms with Gasteiger partial charge in [-0.1, -0.05) is 0 Å². The molecule has 1 aliphatic rings. The fraction of sp³-hybridized carbons (Fsp3) is 0.615. The van der Waals surface area contributed by atoms with Crippen molar-refractivity contribution in [2.24, 2.45) is 18.7 Å². The fourth-order valence-corrected chi connectivity index (χ4v) is 2.55. The molecule has 9 heteroatoms. The molecule has 1 aromatic heterocycles. The number of carbonyl (C=O) groups is 2. The third-order valence-electron chi connectivity index (χ3n) is 3.76. The molecule has 1 fully saturated rings. The van der Waals surface area contributed by atoms with E-state index in [4.69, 9.17) is 10.8 Å². The minimum atomic E-state index is -2.77. The molecule has 0 aromatic carbocycles. The Morgan fingerprint density at radius 1 is 1.41 bits per heavy atom. The summed E-state index contributed by atoms with van der Waals surface area (Å²) in [6.07, 6.45) is -1.89. The lowest BCUT2D eigenvalue weighted by Crippen LogP contribution is -2.42. The van der Waals surface area contributed by atoms with Crippen molar-refractivity contribution in [2.45, 2.75) is 25.3 Å². The summed E-state index contributed by atoms with van der Waals surface area (Å²) >= 11 is 0. The number of aryl methyl sites for hydroxylation is 1. The van der Waals surface area contributed by atoms with Gasteiger partial charge in [0, 0.05) is 26.2 Å². The molecule has 122 valence electrons. The van der Waals surface area contributed by atoms with Gasteiger partial charge in [0.25, 0.3) is 12.3 Å². The molecule has 3 N–H and O–H groups in total. The van der Waals surface area contributed by atoms with Gasteiger partial charge in [-0.3, -0.25) is 14.3 Å². The molecule has 2 rings (SSSR count). The highest BCUT2D eigenvalue weighted by Gasteiger charge is 2.31. The molecule has 0 radical (unpaired) electrons. The van der Waals surface area contributed by atoms with Gasteiger partial charge in [-0.2, -0.15) is 5.10 Å². The molecular weight excluding hydrogens is 298 g/mol. The average Bonchev–Trinajstić information content (AvgIpc) is 2.71. The Bertz CT molecular complexity index is 576. The Balaban J connectivity index is 2.24. The molecule has 0 unspecified atom stereocenters. The van der Waals surface area contributed by atoms with E-state index in [2.05, 4.69) is 5.10 Å². The summed E-state index contributed by atoms with van der Waals surface area (Å²) in [5.41, 5.74) is 5.37. The Kier molecular flexibility index (Phi) is 4.74. The number of halogens is 2. The topological polar surface area (TPSA) is 101 Å². The van der Waals surface area contributed by atoms with Crippen molar-refractivity contribution >= 4 is 11.9 Å². The van der Waals surface area contributed by atoms with E-state index in [0.29, 0.717) is 12.8 Å². The molecule has 22 heavy (non-hydrogen) atoms. The number of carboxylic acids is 1. The number of likely N-dealkylation sites (tertiary alicyclic amines) is 1. The number of amides is 1. The Labute approximate surface area is 125 Å².